The summed E-state index contributed by atoms with van der Waals surface area (Å²) in [6, 6.07) is 15.1. The van der Waals surface area contributed by atoms with Crippen LogP contribution in [0.4, 0.5) is 0 Å². The number of hydrogen-bond donors (Lipinski definition) is 1. The van der Waals surface area contributed by atoms with Crippen LogP contribution in [-0.4, -0.2) is 9.78 Å². The highest BCUT2D eigenvalue weighted by atomic mass is 35.5. The van der Waals surface area contributed by atoms with Crippen LogP contribution in [0.3, 0.4) is 0 Å². The number of hydrogen-bond acceptors (Lipinski definition) is 1. The van der Waals surface area contributed by atoms with E-state index in [9.17, 15) is 4.79 Å². The molecule has 0 saturated heterocycles. The first-order valence-electron chi connectivity index (χ1n) is 7.30. The highest BCUT2D eigenvalue weighted by Crippen LogP contribution is 2.27. The fraction of sp³-hybridized carbons (Fsp3) is 0.167. The van der Waals surface area contributed by atoms with Crippen LogP contribution in [0.25, 0.3) is 11.3 Å². The van der Waals surface area contributed by atoms with E-state index in [-0.39, 0.29) is 11.6 Å². The molecule has 1 heterocycles. The standard InChI is InChI=1S/C18H16Cl2N2O/c1-11-17(13-6-4-3-5-7-13)21-22(18(11)23)12(2)14-8-9-15(19)16(20)10-14/h3-10,12,21H,1-2H3. The van der Waals surface area contributed by atoms with E-state index in [1.807, 2.05) is 50.2 Å². The van der Waals surface area contributed by atoms with Crippen molar-refractivity contribution < 1.29 is 0 Å². The zero-order valence-corrected chi connectivity index (χ0v) is 14.3. The summed E-state index contributed by atoms with van der Waals surface area (Å²) < 4.78 is 1.62. The molecule has 5 heteroatoms. The van der Waals surface area contributed by atoms with Crippen molar-refractivity contribution in [3.05, 3.63) is 80.1 Å². The van der Waals surface area contributed by atoms with Crippen molar-refractivity contribution in [3.8, 4) is 11.3 Å². The lowest BCUT2D eigenvalue weighted by atomic mass is 10.1. The first-order valence-corrected chi connectivity index (χ1v) is 8.06. The number of rotatable bonds is 3. The molecule has 0 bridgehead atoms. The lowest BCUT2D eigenvalue weighted by molar-refractivity contribution is 0.548. The van der Waals surface area contributed by atoms with Gasteiger partial charge in [-0.05, 0) is 37.1 Å². The first kappa shape index (κ1) is 15.9. The van der Waals surface area contributed by atoms with E-state index < -0.39 is 0 Å². The van der Waals surface area contributed by atoms with Gasteiger partial charge in [0.05, 0.1) is 21.8 Å². The Balaban J connectivity index is 2.07. The maximum absolute atomic E-state index is 12.6. The van der Waals surface area contributed by atoms with Gasteiger partial charge in [0, 0.05) is 5.56 Å². The lowest BCUT2D eigenvalue weighted by Gasteiger charge is -2.14. The molecule has 0 aliphatic carbocycles. The van der Waals surface area contributed by atoms with E-state index in [1.54, 1.807) is 16.8 Å². The second-order valence-electron chi connectivity index (χ2n) is 5.50. The van der Waals surface area contributed by atoms with Gasteiger partial charge in [0.15, 0.2) is 0 Å². The summed E-state index contributed by atoms with van der Waals surface area (Å²) in [5, 5.41) is 4.21. The highest BCUT2D eigenvalue weighted by Gasteiger charge is 2.17. The minimum atomic E-state index is -0.173. The number of aromatic nitrogens is 2. The highest BCUT2D eigenvalue weighted by molar-refractivity contribution is 6.42. The number of H-pyrrole nitrogens is 1. The summed E-state index contributed by atoms with van der Waals surface area (Å²) in [5.74, 6) is 0. The Hall–Kier alpha value is -1.97. The van der Waals surface area contributed by atoms with Gasteiger partial charge < -0.3 is 0 Å². The minimum Gasteiger partial charge on any atom is -0.294 e. The van der Waals surface area contributed by atoms with Gasteiger partial charge in [-0.3, -0.25) is 9.89 Å². The molecule has 0 spiro atoms. The molecule has 0 radical (unpaired) electrons. The largest absolute Gasteiger partial charge is 0.294 e. The molecule has 1 aromatic heterocycles. The lowest BCUT2D eigenvalue weighted by Crippen LogP contribution is -2.22. The molecule has 2 aromatic carbocycles. The Morgan fingerprint density at radius 3 is 2.39 bits per heavy atom. The summed E-state index contributed by atoms with van der Waals surface area (Å²) in [6.07, 6.45) is 0. The minimum absolute atomic E-state index is 0.0394. The summed E-state index contributed by atoms with van der Waals surface area (Å²) in [4.78, 5) is 12.6. The molecule has 1 N–H and O–H groups in total. The van der Waals surface area contributed by atoms with Crippen LogP contribution in [-0.2, 0) is 0 Å². The van der Waals surface area contributed by atoms with Gasteiger partial charge in [0.2, 0.25) is 0 Å². The van der Waals surface area contributed by atoms with Gasteiger partial charge in [0.25, 0.3) is 5.56 Å². The smallest absolute Gasteiger partial charge is 0.270 e. The molecule has 118 valence electrons. The van der Waals surface area contributed by atoms with Gasteiger partial charge in [-0.2, -0.15) is 0 Å². The van der Waals surface area contributed by atoms with Crippen LogP contribution in [0.2, 0.25) is 10.0 Å². The zero-order chi connectivity index (χ0) is 16.6. The summed E-state index contributed by atoms with van der Waals surface area (Å²) >= 11 is 12.1. The molecule has 0 fully saturated rings. The van der Waals surface area contributed by atoms with Crippen LogP contribution in [0.5, 0.6) is 0 Å². The molecule has 3 rings (SSSR count). The maximum Gasteiger partial charge on any atom is 0.270 e. The van der Waals surface area contributed by atoms with Crippen LogP contribution in [0.1, 0.15) is 24.1 Å². The Kier molecular flexibility index (Phi) is 4.33. The van der Waals surface area contributed by atoms with Gasteiger partial charge in [-0.25, -0.2) is 4.68 Å². The number of nitrogens with one attached hydrogen (secondary N) is 1. The van der Waals surface area contributed by atoms with Gasteiger partial charge >= 0.3 is 0 Å². The monoisotopic (exact) mass is 346 g/mol. The summed E-state index contributed by atoms with van der Waals surface area (Å²) in [5.41, 5.74) is 3.40. The Labute approximate surface area is 144 Å². The van der Waals surface area contributed by atoms with Gasteiger partial charge in [-0.1, -0.05) is 59.6 Å². The van der Waals surface area contributed by atoms with E-state index in [1.165, 1.54) is 0 Å². The van der Waals surface area contributed by atoms with Crippen molar-refractivity contribution in [2.24, 2.45) is 0 Å². The van der Waals surface area contributed by atoms with Crippen LogP contribution in [0.15, 0.2) is 53.3 Å². The fourth-order valence-corrected chi connectivity index (χ4v) is 2.93. The second-order valence-corrected chi connectivity index (χ2v) is 6.32. The molecule has 0 saturated carbocycles. The van der Waals surface area contributed by atoms with Crippen LogP contribution >= 0.6 is 23.2 Å². The molecule has 3 nitrogen and oxygen atoms in total. The normalized spacial score (nSPS) is 12.3. The summed E-state index contributed by atoms with van der Waals surface area (Å²) in [7, 11) is 0. The average Bonchev–Trinajstić information content (AvgIpc) is 2.86. The van der Waals surface area contributed by atoms with E-state index >= 15 is 0 Å². The molecule has 0 aliphatic heterocycles. The van der Waals surface area contributed by atoms with E-state index in [2.05, 4.69) is 5.10 Å². The van der Waals surface area contributed by atoms with E-state index in [4.69, 9.17) is 23.2 Å². The van der Waals surface area contributed by atoms with Crippen molar-refractivity contribution in [1.29, 1.82) is 0 Å². The van der Waals surface area contributed by atoms with Crippen molar-refractivity contribution in [3.63, 3.8) is 0 Å². The topological polar surface area (TPSA) is 37.8 Å². The van der Waals surface area contributed by atoms with Crippen molar-refractivity contribution >= 4 is 23.2 Å². The predicted molar refractivity (Wildman–Crippen MR) is 95.5 cm³/mol. The van der Waals surface area contributed by atoms with Gasteiger partial charge in [0.1, 0.15) is 0 Å². The fourth-order valence-electron chi connectivity index (χ4n) is 2.62. The number of halogens is 2. The second kappa shape index (κ2) is 6.26. The third-order valence-corrected chi connectivity index (χ3v) is 4.76. The molecule has 0 amide bonds. The number of nitrogens with zero attached hydrogens (tertiary/aromatic N) is 1. The first-order chi connectivity index (χ1) is 11.0. The molecule has 0 aliphatic rings. The summed E-state index contributed by atoms with van der Waals surface area (Å²) in [6.45, 7) is 3.78. The molecule has 3 aromatic rings. The SMILES string of the molecule is Cc1c(-c2ccccc2)[nH]n(C(C)c2ccc(Cl)c(Cl)c2)c1=O. The molecular weight excluding hydrogens is 331 g/mol. The Morgan fingerprint density at radius 1 is 1.04 bits per heavy atom. The Morgan fingerprint density at radius 2 is 1.74 bits per heavy atom. The van der Waals surface area contributed by atoms with E-state index in [0.29, 0.717) is 15.6 Å². The predicted octanol–water partition coefficient (Wildman–Crippen LogP) is 5.07. The van der Waals surface area contributed by atoms with Crippen LogP contribution in [0, 0.1) is 6.92 Å². The zero-order valence-electron chi connectivity index (χ0n) is 12.8. The number of benzene rings is 2. The number of aromatic amines is 1. The van der Waals surface area contributed by atoms with E-state index in [0.717, 1.165) is 16.8 Å². The third kappa shape index (κ3) is 2.94. The maximum atomic E-state index is 12.6. The Bertz CT molecular complexity index is 897. The third-order valence-electron chi connectivity index (χ3n) is 4.02. The average molecular weight is 347 g/mol. The molecule has 1 unspecified atom stereocenters. The van der Waals surface area contributed by atoms with Crippen molar-refractivity contribution in [2.45, 2.75) is 19.9 Å². The molecular formula is C18H16Cl2N2O. The molecule has 23 heavy (non-hydrogen) atoms. The quantitative estimate of drug-likeness (QED) is 0.706. The van der Waals surface area contributed by atoms with Crippen LogP contribution < -0.4 is 5.56 Å². The van der Waals surface area contributed by atoms with Crippen molar-refractivity contribution in [2.75, 3.05) is 0 Å². The van der Waals surface area contributed by atoms with Crippen molar-refractivity contribution in [1.82, 2.24) is 9.78 Å². The van der Waals surface area contributed by atoms with Gasteiger partial charge in [-0.15, -0.1) is 0 Å². The molecule has 1 atom stereocenters.